The third-order valence-corrected chi connectivity index (χ3v) is 3.87. The molecule has 5 nitrogen and oxygen atoms in total. The number of imidazole rings is 1. The van der Waals surface area contributed by atoms with Crippen LogP contribution in [0.15, 0.2) is 18.2 Å². The Kier molecular flexibility index (Phi) is 4.44. The number of methoxy groups -OCH3 is 1. The molecule has 7 heteroatoms. The number of hydrogen-bond acceptors (Lipinski definition) is 4. The Morgan fingerprint density at radius 1 is 1.43 bits per heavy atom. The minimum atomic E-state index is -0.566. The summed E-state index contributed by atoms with van der Waals surface area (Å²) in [4.78, 5) is 15.8. The van der Waals surface area contributed by atoms with Gasteiger partial charge in [0.25, 0.3) is 0 Å². The summed E-state index contributed by atoms with van der Waals surface area (Å²) in [6.45, 7) is 3.68. The molecular weight excluding hydrogens is 313 g/mol. The molecule has 0 radical (unpaired) electrons. The Morgan fingerprint density at radius 2 is 2.10 bits per heavy atom. The summed E-state index contributed by atoms with van der Waals surface area (Å²) in [6, 6.07) is 5.05. The van der Waals surface area contributed by atoms with Gasteiger partial charge < -0.3 is 15.0 Å². The van der Waals surface area contributed by atoms with Gasteiger partial charge in [-0.05, 0) is 31.5 Å². The first-order valence-corrected chi connectivity index (χ1v) is 7.00. The number of halogens is 2. The lowest BCUT2D eigenvalue weighted by Crippen LogP contribution is -2.13. The Morgan fingerprint density at radius 3 is 2.67 bits per heavy atom. The molecule has 0 saturated heterocycles. The fraction of sp³-hybridized carbons (Fsp3) is 0.286. The van der Waals surface area contributed by atoms with Gasteiger partial charge in [-0.15, -0.1) is 0 Å². The second-order valence-electron chi connectivity index (χ2n) is 4.60. The molecule has 0 spiro atoms. The number of aryl methyl sites for hydroxylation is 1. The maximum Gasteiger partial charge on any atom is 0.360 e. The van der Waals surface area contributed by atoms with Crippen LogP contribution in [0.4, 0.5) is 5.82 Å². The van der Waals surface area contributed by atoms with Gasteiger partial charge in [-0.2, -0.15) is 0 Å². The molecule has 2 aromatic rings. The van der Waals surface area contributed by atoms with Crippen LogP contribution in [0.25, 0.3) is 0 Å². The standard InChI is InChI=1S/C14H15Cl2N3O2/c1-7(10-5-4-9(15)6-11(10)16)19-8(2)18-12(13(19)17)14(20)21-3/h4-7H,17H2,1-3H3. The highest BCUT2D eigenvalue weighted by atomic mass is 35.5. The van der Waals surface area contributed by atoms with E-state index in [4.69, 9.17) is 28.9 Å². The van der Waals surface area contributed by atoms with Crippen LogP contribution in [0.1, 0.15) is 34.8 Å². The molecule has 2 rings (SSSR count). The lowest BCUT2D eigenvalue weighted by Gasteiger charge is -2.18. The first-order valence-electron chi connectivity index (χ1n) is 6.24. The Bertz CT molecular complexity index is 698. The first kappa shape index (κ1) is 15.7. The van der Waals surface area contributed by atoms with Gasteiger partial charge in [-0.1, -0.05) is 29.3 Å². The summed E-state index contributed by atoms with van der Waals surface area (Å²) >= 11 is 12.1. The molecule has 1 aromatic heterocycles. The topological polar surface area (TPSA) is 70.1 Å². The molecule has 1 aromatic carbocycles. The van der Waals surface area contributed by atoms with Crippen molar-refractivity contribution >= 4 is 35.0 Å². The third kappa shape index (κ3) is 2.84. The molecular formula is C14H15Cl2N3O2. The van der Waals surface area contributed by atoms with E-state index in [0.717, 1.165) is 5.56 Å². The average Bonchev–Trinajstić information content (AvgIpc) is 2.72. The van der Waals surface area contributed by atoms with Gasteiger partial charge in [0, 0.05) is 10.0 Å². The van der Waals surface area contributed by atoms with Crippen LogP contribution in [0.5, 0.6) is 0 Å². The fourth-order valence-corrected chi connectivity index (χ4v) is 2.84. The number of carbonyl (C=O) groups is 1. The summed E-state index contributed by atoms with van der Waals surface area (Å²) in [5.74, 6) is 0.285. The van der Waals surface area contributed by atoms with Crippen molar-refractivity contribution in [3.63, 3.8) is 0 Å². The molecule has 2 N–H and O–H groups in total. The number of rotatable bonds is 3. The van der Waals surface area contributed by atoms with Crippen LogP contribution >= 0.6 is 23.2 Å². The number of nitrogens with zero attached hydrogens (tertiary/aromatic N) is 2. The first-order chi connectivity index (χ1) is 9.86. The monoisotopic (exact) mass is 327 g/mol. The number of nitrogen functional groups attached to an aromatic ring is 1. The SMILES string of the molecule is COC(=O)c1nc(C)n(C(C)c2ccc(Cl)cc2Cl)c1N. The highest BCUT2D eigenvalue weighted by Gasteiger charge is 2.23. The molecule has 0 amide bonds. The molecule has 0 bridgehead atoms. The Balaban J connectivity index is 2.51. The minimum Gasteiger partial charge on any atom is -0.464 e. The number of anilines is 1. The van der Waals surface area contributed by atoms with Crippen LogP contribution in [-0.4, -0.2) is 22.6 Å². The van der Waals surface area contributed by atoms with Crippen molar-refractivity contribution in [2.24, 2.45) is 0 Å². The highest BCUT2D eigenvalue weighted by Crippen LogP contribution is 2.31. The molecule has 1 atom stereocenters. The summed E-state index contributed by atoms with van der Waals surface area (Å²) in [7, 11) is 1.29. The Hall–Kier alpha value is -1.72. The normalized spacial score (nSPS) is 12.2. The van der Waals surface area contributed by atoms with Crippen LogP contribution in [0, 0.1) is 6.92 Å². The maximum atomic E-state index is 11.6. The number of nitrogens with two attached hydrogens (primary N) is 1. The second kappa shape index (κ2) is 5.95. The van der Waals surface area contributed by atoms with E-state index in [0.29, 0.717) is 15.9 Å². The van der Waals surface area contributed by atoms with Crippen molar-refractivity contribution < 1.29 is 9.53 Å². The van der Waals surface area contributed by atoms with Crippen molar-refractivity contribution in [2.75, 3.05) is 12.8 Å². The number of esters is 1. The molecule has 1 heterocycles. The number of hydrogen-bond donors (Lipinski definition) is 1. The van der Waals surface area contributed by atoms with Crippen LogP contribution < -0.4 is 5.73 Å². The van der Waals surface area contributed by atoms with E-state index in [9.17, 15) is 4.79 Å². The summed E-state index contributed by atoms with van der Waals surface area (Å²) < 4.78 is 6.41. The van der Waals surface area contributed by atoms with Gasteiger partial charge in [0.1, 0.15) is 11.6 Å². The molecule has 1 unspecified atom stereocenters. The highest BCUT2D eigenvalue weighted by molar-refractivity contribution is 6.35. The molecule has 0 saturated carbocycles. The van der Waals surface area contributed by atoms with Crippen LogP contribution in [-0.2, 0) is 4.74 Å². The number of benzene rings is 1. The van der Waals surface area contributed by atoms with E-state index in [1.165, 1.54) is 7.11 Å². The van der Waals surface area contributed by atoms with Crippen molar-refractivity contribution in [2.45, 2.75) is 19.9 Å². The zero-order valence-electron chi connectivity index (χ0n) is 11.9. The van der Waals surface area contributed by atoms with Crippen molar-refractivity contribution in [1.29, 1.82) is 0 Å². The van der Waals surface area contributed by atoms with Gasteiger partial charge in [0.2, 0.25) is 0 Å². The van der Waals surface area contributed by atoms with Crippen molar-refractivity contribution in [3.8, 4) is 0 Å². The van der Waals surface area contributed by atoms with Crippen LogP contribution in [0.3, 0.4) is 0 Å². The lowest BCUT2D eigenvalue weighted by atomic mass is 10.1. The van der Waals surface area contributed by atoms with E-state index in [1.807, 2.05) is 13.0 Å². The number of ether oxygens (including phenoxy) is 1. The molecule has 0 fully saturated rings. The van der Waals surface area contributed by atoms with E-state index in [-0.39, 0.29) is 17.6 Å². The average molecular weight is 328 g/mol. The predicted octanol–water partition coefficient (Wildman–Crippen LogP) is 3.48. The van der Waals surface area contributed by atoms with Gasteiger partial charge >= 0.3 is 5.97 Å². The van der Waals surface area contributed by atoms with Gasteiger partial charge in [-0.25, -0.2) is 9.78 Å². The van der Waals surface area contributed by atoms with E-state index < -0.39 is 5.97 Å². The summed E-state index contributed by atoms with van der Waals surface area (Å²) in [6.07, 6.45) is 0. The molecule has 0 aliphatic carbocycles. The van der Waals surface area contributed by atoms with Crippen LogP contribution in [0.2, 0.25) is 10.0 Å². The van der Waals surface area contributed by atoms with Crippen molar-refractivity contribution in [3.05, 3.63) is 45.3 Å². The quantitative estimate of drug-likeness (QED) is 0.876. The minimum absolute atomic E-state index is 0.104. The molecule has 0 aliphatic rings. The summed E-state index contributed by atoms with van der Waals surface area (Å²) in [5.41, 5.74) is 6.97. The van der Waals surface area contributed by atoms with Gasteiger partial charge in [-0.3, -0.25) is 0 Å². The van der Waals surface area contributed by atoms with Gasteiger partial charge in [0.15, 0.2) is 5.69 Å². The zero-order valence-corrected chi connectivity index (χ0v) is 13.4. The largest absolute Gasteiger partial charge is 0.464 e. The molecule has 112 valence electrons. The molecule has 21 heavy (non-hydrogen) atoms. The zero-order chi connectivity index (χ0) is 15.7. The second-order valence-corrected chi connectivity index (χ2v) is 5.44. The van der Waals surface area contributed by atoms with E-state index in [1.54, 1.807) is 23.6 Å². The number of carbonyl (C=O) groups excluding carboxylic acids is 1. The molecule has 0 aliphatic heterocycles. The van der Waals surface area contributed by atoms with E-state index in [2.05, 4.69) is 9.72 Å². The predicted molar refractivity (Wildman–Crippen MR) is 83.0 cm³/mol. The maximum absolute atomic E-state index is 11.6. The van der Waals surface area contributed by atoms with Gasteiger partial charge in [0.05, 0.1) is 13.2 Å². The lowest BCUT2D eigenvalue weighted by molar-refractivity contribution is 0.0595. The fourth-order valence-electron chi connectivity index (χ4n) is 2.28. The smallest absolute Gasteiger partial charge is 0.360 e. The summed E-state index contributed by atoms with van der Waals surface area (Å²) in [5, 5.41) is 1.09. The number of aromatic nitrogens is 2. The Labute approximate surface area is 132 Å². The van der Waals surface area contributed by atoms with E-state index >= 15 is 0 Å². The van der Waals surface area contributed by atoms with Crippen molar-refractivity contribution in [1.82, 2.24) is 9.55 Å². The third-order valence-electron chi connectivity index (χ3n) is 3.30.